The zero-order valence-corrected chi connectivity index (χ0v) is 8.32. The molecule has 0 aromatic heterocycles. The Balaban J connectivity index is 2.33. The van der Waals surface area contributed by atoms with E-state index in [1.165, 1.54) is 5.57 Å². The molecule has 0 atom stereocenters. The number of aliphatic imine (C=N–C) groups is 1. The fraction of sp³-hybridized carbons (Fsp3) is 0.286. The maximum absolute atomic E-state index is 4.39. The Kier molecular flexibility index (Phi) is 1.85. The largest absolute Gasteiger partial charge is 0.255 e. The van der Waals surface area contributed by atoms with Crippen LogP contribution in [0.15, 0.2) is 32.2 Å². The lowest BCUT2D eigenvalue weighted by atomic mass is 10.2. The van der Waals surface area contributed by atoms with E-state index < -0.39 is 0 Å². The lowest BCUT2D eigenvalue weighted by Crippen LogP contribution is -2.21. The van der Waals surface area contributed by atoms with Gasteiger partial charge in [-0.1, -0.05) is 6.08 Å². The van der Waals surface area contributed by atoms with Gasteiger partial charge >= 0.3 is 0 Å². The average Bonchev–Trinajstić information content (AvgIpc) is 2.04. The van der Waals surface area contributed by atoms with Gasteiger partial charge in [0.05, 0.1) is 0 Å². The van der Waals surface area contributed by atoms with Gasteiger partial charge in [0.2, 0.25) is 0 Å². The van der Waals surface area contributed by atoms with Crippen LogP contribution in [0.4, 0.5) is 0 Å². The quantitative estimate of drug-likeness (QED) is 0.373. The highest BCUT2D eigenvalue weighted by Crippen LogP contribution is 2.18. The number of hydrogen-bond donors (Lipinski definition) is 0. The summed E-state index contributed by atoms with van der Waals surface area (Å²) < 4.78 is 5.32. The molecule has 0 fully saturated rings. The van der Waals surface area contributed by atoms with Gasteiger partial charge in [0.15, 0.2) is 0 Å². The summed E-state index contributed by atoms with van der Waals surface area (Å²) in [5, 5.41) is 1.89. The molecule has 0 N–H and O–H groups in total. The van der Waals surface area contributed by atoms with Gasteiger partial charge in [0, 0.05) is 27.2 Å². The summed E-state index contributed by atoms with van der Waals surface area (Å²) in [6, 6.07) is 0. The van der Waals surface area contributed by atoms with Crippen molar-refractivity contribution in [3.8, 4) is 0 Å². The summed E-state index contributed by atoms with van der Waals surface area (Å²) in [6.45, 7) is 2.07. The molecule has 2 aliphatic heterocycles. The Morgan fingerprint density at radius 2 is 2.45 bits per heavy atom. The third-order valence-corrected chi connectivity index (χ3v) is 2.88. The van der Waals surface area contributed by atoms with Crippen molar-refractivity contribution in [2.75, 3.05) is 4.55 Å². The van der Waals surface area contributed by atoms with E-state index in [0.29, 0.717) is 0 Å². The zero-order chi connectivity index (χ0) is 7.68. The molecule has 11 heavy (non-hydrogen) atoms. The average molecular weight is 261 g/mol. The van der Waals surface area contributed by atoms with Crippen LogP contribution in [0.25, 0.3) is 0 Å². The lowest BCUT2D eigenvalue weighted by molar-refractivity contribution is 0.614. The van der Waals surface area contributed by atoms with Gasteiger partial charge in [0.25, 0.3) is 0 Å². The normalized spacial score (nSPS) is 21.7. The first-order chi connectivity index (χ1) is 5.36. The van der Waals surface area contributed by atoms with Crippen LogP contribution in [-0.4, -0.2) is 15.4 Å². The van der Waals surface area contributed by atoms with Crippen LogP contribution in [0.3, 0.4) is 0 Å². The number of amidine groups is 1. The topological polar surface area (TPSA) is 28.0 Å². The molecule has 0 saturated carbocycles. The number of rotatable bonds is 0. The number of fused-ring (bicyclic) bond motifs is 1. The maximum Gasteiger partial charge on any atom is 0.149 e. The van der Waals surface area contributed by atoms with Crippen molar-refractivity contribution >= 4 is 26.9 Å². The number of alkyl halides is 1. The molecule has 0 radical (unpaired) electrons. The highest BCUT2D eigenvalue weighted by Gasteiger charge is 2.10. The van der Waals surface area contributed by atoms with Crippen molar-refractivity contribution in [2.24, 2.45) is 8.25 Å². The fourth-order valence-corrected chi connectivity index (χ4v) is 2.25. The van der Waals surface area contributed by atoms with E-state index >= 15 is 0 Å². The minimum absolute atomic E-state index is 0.0658. The molecule has 2 aliphatic rings. The van der Waals surface area contributed by atoms with Gasteiger partial charge < -0.3 is 0 Å². The molecule has 2 heterocycles. The van der Waals surface area contributed by atoms with E-state index in [9.17, 15) is 0 Å². The predicted molar refractivity (Wildman–Crippen MR) is 53.5 cm³/mol. The van der Waals surface area contributed by atoms with E-state index in [-0.39, 0.29) is 21.0 Å². The first-order valence-corrected chi connectivity index (χ1v) is 5.85. The van der Waals surface area contributed by atoms with Gasteiger partial charge in [-0.2, -0.15) is 0 Å². The van der Waals surface area contributed by atoms with Gasteiger partial charge in [-0.15, -0.1) is 3.25 Å². The van der Waals surface area contributed by atoms with E-state index in [4.69, 9.17) is 0 Å². The second kappa shape index (κ2) is 2.84. The molecule has 58 valence electrons. The van der Waals surface area contributed by atoms with Crippen LogP contribution in [0.5, 0.6) is 0 Å². The Labute approximate surface area is 75.6 Å². The highest BCUT2D eigenvalue weighted by molar-refractivity contribution is 14.2. The first kappa shape index (κ1) is 7.15. The molecule has 0 aromatic rings. The molecule has 0 aliphatic carbocycles. The van der Waals surface area contributed by atoms with Crippen molar-refractivity contribution in [1.29, 1.82) is 0 Å². The molecule has 2 rings (SSSR count). The summed E-state index contributed by atoms with van der Waals surface area (Å²) in [7, 11) is 0. The molecule has 0 spiro atoms. The second-order valence-electron chi connectivity index (χ2n) is 2.38. The fourth-order valence-electron chi connectivity index (χ4n) is 0.940. The third kappa shape index (κ3) is 1.40. The number of nitrogens with zero attached hydrogens (tertiary/aromatic N) is 3. The van der Waals surface area contributed by atoms with Gasteiger partial charge in [0.1, 0.15) is 10.4 Å². The van der Waals surface area contributed by atoms with Gasteiger partial charge in [-0.25, -0.2) is 5.01 Å². The maximum atomic E-state index is 4.39. The Hall–Kier alpha value is -0.520. The minimum atomic E-state index is -0.0658. The summed E-state index contributed by atoms with van der Waals surface area (Å²) >= 11 is -0.0658. The SMILES string of the molecule is CC1=CN2N=ICN=C2C=C1. The molecule has 0 aromatic carbocycles. The van der Waals surface area contributed by atoms with Crippen molar-refractivity contribution in [2.45, 2.75) is 6.92 Å². The summed E-state index contributed by atoms with van der Waals surface area (Å²) in [5.74, 6) is 0.988. The molecular formula is C7H8IN3. The van der Waals surface area contributed by atoms with Crippen LogP contribution >= 0.6 is 21.0 Å². The Morgan fingerprint density at radius 3 is 3.36 bits per heavy atom. The Bertz CT molecular complexity index is 288. The van der Waals surface area contributed by atoms with E-state index in [2.05, 4.69) is 21.2 Å². The van der Waals surface area contributed by atoms with Crippen molar-refractivity contribution in [1.82, 2.24) is 5.01 Å². The van der Waals surface area contributed by atoms with Gasteiger partial charge in [-0.05, 0) is 18.6 Å². The number of allylic oxidation sites excluding steroid dienone is 2. The molecule has 0 saturated heterocycles. The lowest BCUT2D eigenvalue weighted by Gasteiger charge is -2.19. The van der Waals surface area contributed by atoms with E-state index in [1.807, 2.05) is 17.3 Å². The van der Waals surface area contributed by atoms with Crippen molar-refractivity contribution < 1.29 is 0 Å². The van der Waals surface area contributed by atoms with Crippen LogP contribution in [-0.2, 0) is 0 Å². The van der Waals surface area contributed by atoms with Crippen LogP contribution in [0, 0.1) is 0 Å². The number of halogens is 1. The minimum Gasteiger partial charge on any atom is -0.255 e. The van der Waals surface area contributed by atoms with Crippen LogP contribution < -0.4 is 0 Å². The van der Waals surface area contributed by atoms with Gasteiger partial charge in [-0.3, -0.25) is 4.99 Å². The monoisotopic (exact) mass is 261 g/mol. The molecular weight excluding hydrogens is 253 g/mol. The van der Waals surface area contributed by atoms with Crippen molar-refractivity contribution in [3.05, 3.63) is 23.9 Å². The van der Waals surface area contributed by atoms with E-state index in [1.54, 1.807) is 0 Å². The van der Waals surface area contributed by atoms with Crippen LogP contribution in [0.2, 0.25) is 0 Å². The van der Waals surface area contributed by atoms with E-state index in [0.717, 1.165) is 10.4 Å². The molecule has 4 heteroatoms. The molecule has 0 unspecified atom stereocenters. The zero-order valence-electron chi connectivity index (χ0n) is 6.16. The molecule has 0 bridgehead atoms. The van der Waals surface area contributed by atoms with Crippen LogP contribution in [0.1, 0.15) is 6.92 Å². The third-order valence-electron chi connectivity index (χ3n) is 1.47. The summed E-state index contributed by atoms with van der Waals surface area (Å²) in [4.78, 5) is 4.35. The molecule has 0 amide bonds. The van der Waals surface area contributed by atoms with Crippen molar-refractivity contribution in [3.63, 3.8) is 0 Å². The standard InChI is InChI=1S/C7H8IN3/c1-6-2-3-7-9-5-8-10-11(7)4-6/h2-4H,5H2,1H3. The molecule has 3 nitrogen and oxygen atoms in total. The Morgan fingerprint density at radius 1 is 1.55 bits per heavy atom. The predicted octanol–water partition coefficient (Wildman–Crippen LogP) is 2.20. The summed E-state index contributed by atoms with van der Waals surface area (Å²) in [6.07, 6.45) is 6.11. The number of hydrogen-bond acceptors (Lipinski definition) is 3. The summed E-state index contributed by atoms with van der Waals surface area (Å²) in [5.41, 5.74) is 1.23. The first-order valence-electron chi connectivity index (χ1n) is 3.36. The highest BCUT2D eigenvalue weighted by atomic mass is 127. The second-order valence-corrected chi connectivity index (χ2v) is 4.18. The smallest absolute Gasteiger partial charge is 0.149 e.